The van der Waals surface area contributed by atoms with Crippen molar-refractivity contribution in [3.05, 3.63) is 0 Å². The predicted octanol–water partition coefficient (Wildman–Crippen LogP) is 1.95. The van der Waals surface area contributed by atoms with Crippen molar-refractivity contribution in [3.8, 4) is 0 Å². The van der Waals surface area contributed by atoms with E-state index in [1.807, 2.05) is 0 Å². The van der Waals surface area contributed by atoms with Crippen LogP contribution in [0.25, 0.3) is 0 Å². The first kappa shape index (κ1) is 6.38. The molecule has 0 radical (unpaired) electrons. The number of hydrogen-bond donors (Lipinski definition) is 0. The van der Waals surface area contributed by atoms with Crippen molar-refractivity contribution in [3.63, 3.8) is 0 Å². The monoisotopic (exact) mass is 169 g/mol. The van der Waals surface area contributed by atoms with E-state index in [-0.39, 0.29) is 0 Å². The first-order valence-electron chi connectivity index (χ1n) is 0.771. The van der Waals surface area contributed by atoms with Gasteiger partial charge in [0.05, 0.1) is 0 Å². The van der Waals surface area contributed by atoms with E-state index in [9.17, 15) is 3.32 Å². The maximum absolute atomic E-state index is 9.59. The van der Waals surface area contributed by atoms with Crippen molar-refractivity contribution >= 4 is 27.9 Å². The van der Waals surface area contributed by atoms with Crippen LogP contribution in [0.3, 0.4) is 0 Å². The van der Waals surface area contributed by atoms with Crippen LogP contribution in [0.5, 0.6) is 0 Å². The van der Waals surface area contributed by atoms with E-state index in [0.29, 0.717) is 0 Å². The van der Waals surface area contributed by atoms with Gasteiger partial charge in [-0.3, -0.25) is 0 Å². The molecule has 1 nitrogen and oxygen atoms in total. The van der Waals surface area contributed by atoms with Gasteiger partial charge in [-0.15, -0.1) is 0 Å². The summed E-state index contributed by atoms with van der Waals surface area (Å²) in [6.07, 6.45) is 0. The average molecular weight is 170 g/mol. The summed E-state index contributed by atoms with van der Waals surface area (Å²) in [5.74, 6) is 0. The van der Waals surface area contributed by atoms with Crippen LogP contribution in [0.1, 0.15) is 0 Å². The molecule has 0 aromatic heterocycles. The number of rotatable bonds is 0. The van der Waals surface area contributed by atoms with E-state index >= 15 is 0 Å². The predicted molar refractivity (Wildman–Crippen MR) is 18.2 cm³/mol. The van der Waals surface area contributed by atoms with E-state index in [4.69, 9.17) is 27.9 Å². The summed E-state index contributed by atoms with van der Waals surface area (Å²) in [6, 6.07) is 0. The average Bonchev–Trinajstić information content (AvgIpc) is 0.722. The van der Waals surface area contributed by atoms with E-state index in [1.54, 1.807) is 0 Å². The van der Waals surface area contributed by atoms with Crippen LogP contribution in [0, 0.1) is 0 Å². The zero-order valence-corrected chi connectivity index (χ0v) is 5.87. The second-order valence-corrected chi connectivity index (χ2v) is 10.8. The van der Waals surface area contributed by atoms with Crippen molar-refractivity contribution in [2.75, 3.05) is 0 Å². The molecule has 0 aromatic carbocycles. The summed E-state index contributed by atoms with van der Waals surface area (Å²) < 4.78 is 9.59. The molecule has 0 aromatic rings. The Hall–Kier alpha value is 1.38. The third-order valence-corrected chi connectivity index (χ3v) is 0. The van der Waals surface area contributed by atoms with Gasteiger partial charge in [0.25, 0.3) is 0 Å². The SMILES string of the molecule is [O]=[Ti]([Cl])([Cl])[Cl]. The normalized spacial score (nSPS) is 11.8. The Morgan fingerprint density at radius 1 is 1.20 bits per heavy atom. The molecular formula is Cl3OTi. The zero-order chi connectivity index (χ0) is 4.50. The molecule has 0 amide bonds. The van der Waals surface area contributed by atoms with Crippen LogP contribution in [0.15, 0.2) is 0 Å². The van der Waals surface area contributed by atoms with Gasteiger partial charge in [0, 0.05) is 0 Å². The van der Waals surface area contributed by atoms with Crippen LogP contribution in [0.4, 0.5) is 0 Å². The van der Waals surface area contributed by atoms with E-state index in [0.717, 1.165) is 0 Å². The molecule has 0 aliphatic heterocycles. The van der Waals surface area contributed by atoms with Crippen LogP contribution in [-0.4, -0.2) is 0 Å². The van der Waals surface area contributed by atoms with Gasteiger partial charge in [-0.2, -0.15) is 0 Å². The molecule has 0 rings (SSSR count). The van der Waals surface area contributed by atoms with Crippen molar-refractivity contribution in [1.29, 1.82) is 0 Å². The Morgan fingerprint density at radius 3 is 1.20 bits per heavy atom. The Bertz CT molecular complexity index is 53.0. The molecule has 0 unspecified atom stereocenters. The third-order valence-electron chi connectivity index (χ3n) is 0. The van der Waals surface area contributed by atoms with Crippen LogP contribution < -0.4 is 0 Å². The summed E-state index contributed by atoms with van der Waals surface area (Å²) in [7, 11) is 14.1. The molecule has 5 heteroatoms. The molecule has 5 heavy (non-hydrogen) atoms. The zero-order valence-electron chi connectivity index (χ0n) is 2.04. The van der Waals surface area contributed by atoms with Gasteiger partial charge in [0.15, 0.2) is 0 Å². The van der Waals surface area contributed by atoms with Crippen molar-refractivity contribution < 1.29 is 16.7 Å². The number of hydrogen-bond acceptors (Lipinski definition) is 1. The van der Waals surface area contributed by atoms with Gasteiger partial charge in [-0.05, 0) is 0 Å². The Morgan fingerprint density at radius 2 is 1.20 bits per heavy atom. The Kier molecular flexibility index (Phi) is 2.42. The van der Waals surface area contributed by atoms with Gasteiger partial charge in [0.2, 0.25) is 0 Å². The topological polar surface area (TPSA) is 17.1 Å². The van der Waals surface area contributed by atoms with Gasteiger partial charge >= 0.3 is 44.6 Å². The van der Waals surface area contributed by atoms with Crippen molar-refractivity contribution in [1.82, 2.24) is 0 Å². The van der Waals surface area contributed by atoms with E-state index < -0.39 is 13.4 Å². The van der Waals surface area contributed by atoms with Crippen molar-refractivity contribution in [2.45, 2.75) is 0 Å². The van der Waals surface area contributed by atoms with Gasteiger partial charge in [-0.25, -0.2) is 0 Å². The molecular weight excluding hydrogens is 170 g/mol. The fourth-order valence-electron chi connectivity index (χ4n) is 0. The molecule has 0 aliphatic rings. The molecule has 0 bridgehead atoms. The minimum atomic E-state index is -3.83. The van der Waals surface area contributed by atoms with Gasteiger partial charge < -0.3 is 0 Å². The van der Waals surface area contributed by atoms with E-state index in [2.05, 4.69) is 0 Å². The Labute approximate surface area is 44.5 Å². The summed E-state index contributed by atoms with van der Waals surface area (Å²) >= 11 is -3.83. The summed E-state index contributed by atoms with van der Waals surface area (Å²) in [5, 5.41) is 0. The van der Waals surface area contributed by atoms with Crippen LogP contribution in [-0.2, 0) is 16.7 Å². The minimum absolute atomic E-state index is 3.83. The van der Waals surface area contributed by atoms with Crippen LogP contribution in [0.2, 0.25) is 0 Å². The molecule has 0 N–H and O–H groups in total. The molecule has 0 spiro atoms. The molecule has 0 heterocycles. The fraction of sp³-hybridized carbons (Fsp3) is 0. The second-order valence-electron chi connectivity index (χ2n) is 0.446. The fourth-order valence-corrected chi connectivity index (χ4v) is 0. The summed E-state index contributed by atoms with van der Waals surface area (Å²) in [6.45, 7) is 0. The standard InChI is InChI=1S/3ClH.O.Ti/h3*1H;;/q;;;;+3/p-3. The third kappa shape index (κ3) is 32.2. The first-order valence-corrected chi connectivity index (χ1v) is 7.85. The van der Waals surface area contributed by atoms with Gasteiger partial charge in [0.1, 0.15) is 0 Å². The maximum atomic E-state index is 9.59. The molecule has 31 valence electrons. The first-order chi connectivity index (χ1) is 2.00. The quantitative estimate of drug-likeness (QED) is 0.508. The number of halogens is 3. The van der Waals surface area contributed by atoms with Gasteiger partial charge in [-0.1, -0.05) is 0 Å². The summed E-state index contributed by atoms with van der Waals surface area (Å²) in [4.78, 5) is 0. The van der Waals surface area contributed by atoms with Crippen molar-refractivity contribution in [2.24, 2.45) is 0 Å². The molecule has 0 saturated carbocycles. The molecule has 0 fully saturated rings. The molecule has 0 aliphatic carbocycles. The van der Waals surface area contributed by atoms with Crippen LogP contribution >= 0.6 is 27.9 Å². The molecule has 0 atom stereocenters. The second kappa shape index (κ2) is 1.90. The molecule has 0 saturated heterocycles. The van der Waals surface area contributed by atoms with E-state index in [1.165, 1.54) is 0 Å². The summed E-state index contributed by atoms with van der Waals surface area (Å²) in [5.41, 5.74) is 0. The Balaban J connectivity index is 3.47.